The van der Waals surface area contributed by atoms with Gasteiger partial charge in [-0.05, 0) is 37.1 Å². The fraction of sp³-hybridized carbons (Fsp3) is 0.444. The Morgan fingerprint density at radius 2 is 1.93 bits per heavy atom. The molecule has 0 atom stereocenters. The van der Waals surface area contributed by atoms with Gasteiger partial charge in [-0.3, -0.25) is 5.32 Å². The van der Waals surface area contributed by atoms with Gasteiger partial charge in [0.1, 0.15) is 0 Å². The lowest BCUT2D eigenvalue weighted by Gasteiger charge is -2.25. The number of fused-ring (bicyclic) bond motifs is 1. The Labute approximate surface area is 173 Å². The lowest BCUT2D eigenvalue weighted by Crippen LogP contribution is -2.36. The van der Waals surface area contributed by atoms with Gasteiger partial charge < -0.3 is 5.32 Å². The lowest BCUT2D eigenvalue weighted by atomic mass is 10.2. The van der Waals surface area contributed by atoms with Crippen molar-refractivity contribution in [2.45, 2.75) is 49.6 Å². The highest BCUT2D eigenvalue weighted by molar-refractivity contribution is 7.89. The zero-order valence-electron chi connectivity index (χ0n) is 15.2. The van der Waals surface area contributed by atoms with Crippen LogP contribution in [0.25, 0.3) is 0 Å². The molecule has 0 spiro atoms. The number of anilines is 1. The molecule has 28 heavy (non-hydrogen) atoms. The van der Waals surface area contributed by atoms with Crippen molar-refractivity contribution in [1.29, 1.82) is 0 Å². The second-order valence-electron chi connectivity index (χ2n) is 7.01. The van der Waals surface area contributed by atoms with Crippen LogP contribution in [0.4, 0.5) is 9.93 Å². The van der Waals surface area contributed by atoms with Gasteiger partial charge in [-0.1, -0.05) is 35.8 Å². The number of sulfonamides is 1. The predicted octanol–water partition coefficient (Wildman–Crippen LogP) is 3.61. The van der Waals surface area contributed by atoms with Gasteiger partial charge in [0.2, 0.25) is 10.0 Å². The molecule has 0 bridgehead atoms. The smallest absolute Gasteiger partial charge is 0.321 e. The largest absolute Gasteiger partial charge is 0.335 e. The van der Waals surface area contributed by atoms with Crippen LogP contribution in [-0.2, 0) is 23.0 Å². The average molecular weight is 441 g/mol. The van der Waals surface area contributed by atoms with E-state index < -0.39 is 10.0 Å². The number of halogens is 1. The topological polar surface area (TPSA) is 91.4 Å². The van der Waals surface area contributed by atoms with E-state index >= 15 is 0 Å². The number of hydrogen-bond donors (Lipinski definition) is 2. The fourth-order valence-corrected chi connectivity index (χ4v) is 6.21. The Kier molecular flexibility index (Phi) is 5.59. The van der Waals surface area contributed by atoms with E-state index in [-0.39, 0.29) is 23.5 Å². The minimum atomic E-state index is -3.60. The highest BCUT2D eigenvalue weighted by atomic mass is 35.5. The number of rotatable bonds is 4. The summed E-state index contributed by atoms with van der Waals surface area (Å²) >= 11 is 7.19. The summed E-state index contributed by atoms with van der Waals surface area (Å²) in [6.07, 6.45) is 4.84. The summed E-state index contributed by atoms with van der Waals surface area (Å²) in [5.74, 6) is 0. The molecule has 4 rings (SSSR count). The van der Waals surface area contributed by atoms with Gasteiger partial charge >= 0.3 is 6.03 Å². The Hall–Kier alpha value is -1.68. The molecular formula is C18H21ClN4O3S2. The minimum absolute atomic E-state index is 0.221. The van der Waals surface area contributed by atoms with Crippen LogP contribution in [-0.4, -0.2) is 36.3 Å². The number of benzene rings is 1. The first kappa shape index (κ1) is 19.6. The van der Waals surface area contributed by atoms with E-state index in [1.807, 2.05) is 0 Å². The van der Waals surface area contributed by atoms with Crippen LogP contribution >= 0.6 is 22.9 Å². The van der Waals surface area contributed by atoms with Gasteiger partial charge in [0.15, 0.2) is 5.13 Å². The third kappa shape index (κ3) is 4.17. The van der Waals surface area contributed by atoms with Gasteiger partial charge in [-0.15, -0.1) is 0 Å². The van der Waals surface area contributed by atoms with E-state index in [0.717, 1.165) is 36.3 Å². The van der Waals surface area contributed by atoms with E-state index in [1.165, 1.54) is 27.8 Å². The van der Waals surface area contributed by atoms with Crippen LogP contribution in [0.15, 0.2) is 29.2 Å². The molecule has 0 radical (unpaired) electrons. The third-order valence-electron chi connectivity index (χ3n) is 5.06. The number of nitrogens with one attached hydrogen (secondary N) is 2. The molecule has 1 aromatic carbocycles. The van der Waals surface area contributed by atoms with Gasteiger partial charge in [0.05, 0.1) is 17.1 Å². The number of aromatic nitrogens is 1. The molecule has 1 fully saturated rings. The monoisotopic (exact) mass is 440 g/mol. The molecule has 1 aliphatic heterocycles. The summed E-state index contributed by atoms with van der Waals surface area (Å²) in [4.78, 5) is 17.7. The van der Waals surface area contributed by atoms with Crippen molar-refractivity contribution in [3.05, 3.63) is 39.9 Å². The molecule has 150 valence electrons. The minimum Gasteiger partial charge on any atom is -0.335 e. The van der Waals surface area contributed by atoms with Crippen molar-refractivity contribution >= 4 is 44.1 Å². The number of thiazole rings is 1. The van der Waals surface area contributed by atoms with Crippen molar-refractivity contribution in [3.63, 3.8) is 0 Å². The third-order valence-corrected chi connectivity index (χ3v) is 8.17. The molecule has 0 saturated heterocycles. The summed E-state index contributed by atoms with van der Waals surface area (Å²) in [7, 11) is -3.60. The van der Waals surface area contributed by atoms with E-state index in [4.69, 9.17) is 11.6 Å². The molecule has 10 heteroatoms. The maximum atomic E-state index is 12.9. The van der Waals surface area contributed by atoms with Gasteiger partial charge in [-0.25, -0.2) is 18.2 Å². The highest BCUT2D eigenvalue weighted by Gasteiger charge is 2.30. The van der Waals surface area contributed by atoms with Crippen LogP contribution in [0.3, 0.4) is 0 Å². The maximum Gasteiger partial charge on any atom is 0.321 e. The van der Waals surface area contributed by atoms with E-state index in [9.17, 15) is 13.2 Å². The molecule has 1 aromatic heterocycles. The average Bonchev–Trinajstić information content (AvgIpc) is 3.30. The molecular weight excluding hydrogens is 420 g/mol. The SMILES string of the molecule is O=C(Nc1nc2c(s1)CN(S(=O)(=O)c1ccc(Cl)cc1)CC2)NC1CCCC1. The molecule has 1 aliphatic carbocycles. The lowest BCUT2D eigenvalue weighted by molar-refractivity contribution is 0.248. The number of carbonyl (C=O) groups excluding carboxylic acids is 1. The first-order valence-electron chi connectivity index (χ1n) is 9.23. The summed E-state index contributed by atoms with van der Waals surface area (Å²) in [6.45, 7) is 0.610. The Morgan fingerprint density at radius 3 is 2.64 bits per heavy atom. The van der Waals surface area contributed by atoms with Crippen LogP contribution in [0.5, 0.6) is 0 Å². The summed E-state index contributed by atoms with van der Waals surface area (Å²) in [6, 6.07) is 6.15. The molecule has 2 heterocycles. The Balaban J connectivity index is 1.44. The molecule has 2 aliphatic rings. The zero-order chi connectivity index (χ0) is 19.7. The predicted molar refractivity (Wildman–Crippen MR) is 109 cm³/mol. The van der Waals surface area contributed by atoms with E-state index in [2.05, 4.69) is 15.6 Å². The van der Waals surface area contributed by atoms with Crippen LogP contribution in [0.2, 0.25) is 5.02 Å². The molecule has 7 nitrogen and oxygen atoms in total. The van der Waals surface area contributed by atoms with Crippen LogP contribution < -0.4 is 10.6 Å². The van der Waals surface area contributed by atoms with Gasteiger partial charge in [0.25, 0.3) is 0 Å². The summed E-state index contributed by atoms with van der Waals surface area (Å²) < 4.78 is 27.2. The molecule has 2 aromatic rings. The number of urea groups is 1. The number of amides is 2. The van der Waals surface area contributed by atoms with Crippen molar-refractivity contribution in [3.8, 4) is 0 Å². The highest BCUT2D eigenvalue weighted by Crippen LogP contribution is 2.31. The molecule has 2 N–H and O–H groups in total. The quantitative estimate of drug-likeness (QED) is 0.759. The van der Waals surface area contributed by atoms with Gasteiger partial charge in [-0.2, -0.15) is 4.31 Å². The standard InChI is InChI=1S/C18H21ClN4O3S2/c19-12-5-7-14(8-6-12)28(25,26)23-10-9-15-16(11-23)27-18(21-15)22-17(24)20-13-3-1-2-4-13/h5-8,13H,1-4,9-11H2,(H2,20,21,22,24). The second-order valence-corrected chi connectivity index (χ2v) is 10.5. The van der Waals surface area contributed by atoms with Crippen LogP contribution in [0.1, 0.15) is 36.3 Å². The molecule has 0 unspecified atom stereocenters. The summed E-state index contributed by atoms with van der Waals surface area (Å²) in [5.41, 5.74) is 0.851. The van der Waals surface area contributed by atoms with Crippen molar-refractivity contribution in [1.82, 2.24) is 14.6 Å². The van der Waals surface area contributed by atoms with Gasteiger partial charge in [0, 0.05) is 28.9 Å². The fourth-order valence-electron chi connectivity index (χ4n) is 3.58. The first-order chi connectivity index (χ1) is 13.4. The Bertz CT molecular complexity index is 969. The maximum absolute atomic E-state index is 12.9. The molecule has 2 amide bonds. The van der Waals surface area contributed by atoms with Crippen molar-refractivity contribution < 1.29 is 13.2 Å². The second kappa shape index (κ2) is 7.98. The number of carbonyl (C=O) groups is 1. The van der Waals surface area contributed by atoms with E-state index in [1.54, 1.807) is 12.1 Å². The first-order valence-corrected chi connectivity index (χ1v) is 11.9. The van der Waals surface area contributed by atoms with E-state index in [0.29, 0.717) is 23.1 Å². The molecule has 1 saturated carbocycles. The van der Waals surface area contributed by atoms with Crippen LogP contribution in [0, 0.1) is 0 Å². The van der Waals surface area contributed by atoms with Crippen molar-refractivity contribution in [2.24, 2.45) is 0 Å². The van der Waals surface area contributed by atoms with Crippen molar-refractivity contribution in [2.75, 3.05) is 11.9 Å². The number of hydrogen-bond acceptors (Lipinski definition) is 5. The zero-order valence-corrected chi connectivity index (χ0v) is 17.5. The number of nitrogens with zero attached hydrogens (tertiary/aromatic N) is 2. The normalized spacial score (nSPS) is 18.0. The Morgan fingerprint density at radius 1 is 1.21 bits per heavy atom. The summed E-state index contributed by atoms with van der Waals surface area (Å²) in [5, 5.41) is 6.76.